The largest absolute Gasteiger partial charge is 0.478 e. The van der Waals surface area contributed by atoms with Crippen LogP contribution in [0.4, 0.5) is 8.78 Å². The van der Waals surface area contributed by atoms with Crippen molar-refractivity contribution in [2.45, 2.75) is 6.92 Å². The lowest BCUT2D eigenvalue weighted by Gasteiger charge is -1.99. The maximum absolute atomic E-state index is 13.4. The van der Waals surface area contributed by atoms with Crippen molar-refractivity contribution in [2.75, 3.05) is 5.75 Å². The maximum Gasteiger partial charge on any atom is 0.335 e. The minimum absolute atomic E-state index is 0.120. The summed E-state index contributed by atoms with van der Waals surface area (Å²) in [5.41, 5.74) is -0.974. The molecule has 0 saturated carbocycles. The van der Waals surface area contributed by atoms with E-state index in [0.717, 1.165) is 11.8 Å². The Morgan fingerprint density at radius 2 is 1.89 bits per heavy atom. The predicted octanol–water partition coefficient (Wildman–Crippen LogP) is 2.29. The zero-order valence-corrected chi connectivity index (χ0v) is 10.1. The van der Waals surface area contributed by atoms with Crippen LogP contribution < -0.4 is 0 Å². The van der Waals surface area contributed by atoms with E-state index in [0.29, 0.717) is 12.1 Å². The van der Waals surface area contributed by atoms with Gasteiger partial charge in [-0.15, -0.1) is 0 Å². The van der Waals surface area contributed by atoms with Crippen molar-refractivity contribution in [3.63, 3.8) is 0 Å². The molecule has 0 aliphatic heterocycles. The summed E-state index contributed by atoms with van der Waals surface area (Å²) < 4.78 is 26.8. The van der Waals surface area contributed by atoms with Gasteiger partial charge in [-0.25, -0.2) is 13.6 Å². The van der Waals surface area contributed by atoms with Gasteiger partial charge in [-0.2, -0.15) is 0 Å². The van der Waals surface area contributed by atoms with Gasteiger partial charge in [-0.3, -0.25) is 4.79 Å². The Labute approximate surface area is 106 Å². The number of benzene rings is 1. The number of carbonyl (C=O) groups excluding carboxylic acids is 1. The Morgan fingerprint density at radius 1 is 1.33 bits per heavy atom. The van der Waals surface area contributed by atoms with Crippen LogP contribution in [-0.4, -0.2) is 21.9 Å². The summed E-state index contributed by atoms with van der Waals surface area (Å²) in [5, 5.41) is 8.44. The molecular weight excluding hydrogens is 262 g/mol. The minimum Gasteiger partial charge on any atom is -0.478 e. The first-order valence-electron chi connectivity index (χ1n) is 4.76. The van der Waals surface area contributed by atoms with Crippen LogP contribution in [-0.2, 0) is 4.79 Å². The highest BCUT2D eigenvalue weighted by atomic mass is 32.2. The van der Waals surface area contributed by atoms with E-state index in [-0.39, 0.29) is 10.9 Å². The number of halogens is 2. The number of aromatic carboxylic acids is 1. The van der Waals surface area contributed by atoms with Gasteiger partial charge in [0.1, 0.15) is 11.6 Å². The SMILES string of the molecule is CC(=O)SCC#Cc1c(F)cc(C(=O)O)cc1F. The second kappa shape index (κ2) is 6.17. The molecule has 1 aromatic rings. The van der Waals surface area contributed by atoms with E-state index in [1.807, 2.05) is 0 Å². The standard InChI is InChI=1S/C12H8F2O3S/c1-7(15)18-4-2-3-9-10(13)5-8(12(16)17)6-11(9)14/h5-6H,4H2,1H3,(H,16,17). The van der Waals surface area contributed by atoms with Crippen molar-refractivity contribution in [1.82, 2.24) is 0 Å². The third-order valence-electron chi connectivity index (χ3n) is 1.85. The number of carbonyl (C=O) groups is 2. The van der Waals surface area contributed by atoms with Crippen molar-refractivity contribution in [1.29, 1.82) is 0 Å². The van der Waals surface area contributed by atoms with Crippen molar-refractivity contribution in [3.8, 4) is 11.8 Å². The van der Waals surface area contributed by atoms with E-state index in [2.05, 4.69) is 11.8 Å². The number of carboxylic acid groups (broad SMARTS) is 1. The predicted molar refractivity (Wildman–Crippen MR) is 63.3 cm³/mol. The topological polar surface area (TPSA) is 54.4 Å². The van der Waals surface area contributed by atoms with Gasteiger partial charge in [0.05, 0.1) is 16.9 Å². The highest BCUT2D eigenvalue weighted by Gasteiger charge is 2.12. The molecule has 0 unspecified atom stereocenters. The highest BCUT2D eigenvalue weighted by molar-refractivity contribution is 8.13. The second-order valence-electron chi connectivity index (χ2n) is 3.20. The maximum atomic E-state index is 13.4. The van der Waals surface area contributed by atoms with Gasteiger partial charge >= 0.3 is 5.97 Å². The Bertz CT molecular complexity index is 535. The molecule has 0 bridgehead atoms. The van der Waals surface area contributed by atoms with Crippen LogP contribution in [0.5, 0.6) is 0 Å². The highest BCUT2D eigenvalue weighted by Crippen LogP contribution is 2.14. The molecule has 0 spiro atoms. The quantitative estimate of drug-likeness (QED) is 0.838. The molecule has 0 fully saturated rings. The summed E-state index contributed by atoms with van der Waals surface area (Å²) in [7, 11) is 0. The molecule has 0 atom stereocenters. The van der Waals surface area contributed by atoms with Gasteiger partial charge in [0.25, 0.3) is 0 Å². The molecule has 6 heteroatoms. The van der Waals surface area contributed by atoms with Crippen LogP contribution in [0, 0.1) is 23.5 Å². The first kappa shape index (κ1) is 14.2. The third kappa shape index (κ3) is 3.86. The van der Waals surface area contributed by atoms with Crippen LogP contribution in [0.25, 0.3) is 0 Å². The summed E-state index contributed by atoms with van der Waals surface area (Å²) in [6, 6.07) is 1.40. The Balaban J connectivity index is 2.97. The van der Waals surface area contributed by atoms with Gasteiger partial charge in [0, 0.05) is 6.92 Å². The van der Waals surface area contributed by atoms with Crippen molar-refractivity contribution < 1.29 is 23.5 Å². The summed E-state index contributed by atoms with van der Waals surface area (Å²) in [6.45, 7) is 1.36. The van der Waals surface area contributed by atoms with Gasteiger partial charge in [0.2, 0.25) is 0 Å². The molecule has 0 radical (unpaired) electrons. The first-order valence-corrected chi connectivity index (χ1v) is 5.75. The monoisotopic (exact) mass is 270 g/mol. The lowest BCUT2D eigenvalue weighted by Crippen LogP contribution is -2.01. The molecule has 18 heavy (non-hydrogen) atoms. The van der Waals surface area contributed by atoms with E-state index < -0.39 is 28.7 Å². The zero-order chi connectivity index (χ0) is 13.7. The fraction of sp³-hybridized carbons (Fsp3) is 0.167. The smallest absolute Gasteiger partial charge is 0.335 e. The lowest BCUT2D eigenvalue weighted by atomic mass is 10.1. The number of thioether (sulfide) groups is 1. The van der Waals surface area contributed by atoms with Gasteiger partial charge in [0.15, 0.2) is 5.12 Å². The lowest BCUT2D eigenvalue weighted by molar-refractivity contribution is -0.109. The molecule has 0 aromatic heterocycles. The number of rotatable bonds is 2. The summed E-state index contributed by atoms with van der Waals surface area (Å²) in [6.07, 6.45) is 0. The molecule has 3 nitrogen and oxygen atoms in total. The van der Waals surface area contributed by atoms with Crippen molar-refractivity contribution in [3.05, 3.63) is 34.9 Å². The third-order valence-corrected chi connectivity index (χ3v) is 2.55. The molecule has 1 N–H and O–H groups in total. The average molecular weight is 270 g/mol. The summed E-state index contributed by atoms with van der Waals surface area (Å²) in [5.74, 6) is 1.30. The minimum atomic E-state index is -1.42. The van der Waals surface area contributed by atoms with E-state index in [1.165, 1.54) is 6.92 Å². The molecule has 0 saturated heterocycles. The fourth-order valence-corrected chi connectivity index (χ4v) is 1.43. The van der Waals surface area contributed by atoms with Crippen LogP contribution in [0.15, 0.2) is 12.1 Å². The average Bonchev–Trinajstić information content (AvgIpc) is 2.26. The fourth-order valence-electron chi connectivity index (χ4n) is 1.08. The molecular formula is C12H8F2O3S. The second-order valence-corrected chi connectivity index (χ2v) is 4.35. The zero-order valence-electron chi connectivity index (χ0n) is 9.29. The van der Waals surface area contributed by atoms with Gasteiger partial charge in [-0.05, 0) is 12.1 Å². The van der Waals surface area contributed by atoms with Crippen molar-refractivity contribution >= 4 is 22.8 Å². The normalized spacial score (nSPS) is 9.50. The number of hydrogen-bond donors (Lipinski definition) is 1. The first-order chi connectivity index (χ1) is 8.41. The van der Waals surface area contributed by atoms with Crippen LogP contribution in [0.3, 0.4) is 0 Å². The van der Waals surface area contributed by atoms with E-state index in [9.17, 15) is 18.4 Å². The molecule has 94 valence electrons. The molecule has 1 rings (SSSR count). The van der Waals surface area contributed by atoms with E-state index in [4.69, 9.17) is 5.11 Å². The Morgan fingerprint density at radius 3 is 2.33 bits per heavy atom. The van der Waals surface area contributed by atoms with E-state index in [1.54, 1.807) is 0 Å². The molecule has 0 aliphatic carbocycles. The summed E-state index contributed by atoms with van der Waals surface area (Å²) in [4.78, 5) is 21.1. The van der Waals surface area contributed by atoms with Crippen molar-refractivity contribution in [2.24, 2.45) is 0 Å². The molecule has 0 aliphatic rings. The molecule has 0 amide bonds. The molecule has 0 heterocycles. The summed E-state index contributed by atoms with van der Waals surface area (Å²) >= 11 is 0.919. The van der Waals surface area contributed by atoms with Gasteiger partial charge < -0.3 is 5.11 Å². The van der Waals surface area contributed by atoms with E-state index >= 15 is 0 Å². The Kier molecular flexibility index (Phi) is 4.86. The Hall–Kier alpha value is -1.87. The van der Waals surface area contributed by atoms with Crippen LogP contribution in [0.2, 0.25) is 0 Å². The van der Waals surface area contributed by atoms with Crippen LogP contribution >= 0.6 is 11.8 Å². The number of hydrogen-bond acceptors (Lipinski definition) is 3. The molecule has 1 aromatic carbocycles. The van der Waals surface area contributed by atoms with Crippen LogP contribution in [0.1, 0.15) is 22.8 Å². The van der Waals surface area contributed by atoms with Gasteiger partial charge in [-0.1, -0.05) is 23.6 Å². The number of carboxylic acids is 1.